The first-order valence-corrected chi connectivity index (χ1v) is 12.2. The number of ether oxygens (including phenoxy) is 1. The van der Waals surface area contributed by atoms with Crippen molar-refractivity contribution in [1.82, 2.24) is 9.88 Å². The van der Waals surface area contributed by atoms with E-state index in [0.29, 0.717) is 31.0 Å². The molecule has 1 heterocycles. The number of rotatable bonds is 10. The lowest BCUT2D eigenvalue weighted by Gasteiger charge is -2.07. The fraction of sp³-hybridized carbons (Fsp3) is 0.185. The molecule has 0 radical (unpaired) electrons. The maximum Gasteiger partial charge on any atom is 0.251 e. The molecule has 0 aliphatic heterocycles. The van der Waals surface area contributed by atoms with Crippen LogP contribution in [0, 0.1) is 0 Å². The van der Waals surface area contributed by atoms with E-state index in [9.17, 15) is 9.59 Å². The van der Waals surface area contributed by atoms with Crippen molar-refractivity contribution < 1.29 is 14.3 Å². The van der Waals surface area contributed by atoms with E-state index in [0.717, 1.165) is 27.2 Å². The Hall–Kier alpha value is -3.71. The second kappa shape index (κ2) is 11.4. The summed E-state index contributed by atoms with van der Waals surface area (Å²) in [7, 11) is 0. The Balaban J connectivity index is 1.35. The molecule has 1 aromatic heterocycles. The summed E-state index contributed by atoms with van der Waals surface area (Å²) in [5.74, 6) is 0.924. The summed E-state index contributed by atoms with van der Waals surface area (Å²) in [4.78, 5) is 25.8. The number of carbonyl (C=O) groups excluding carboxylic acids is 2. The van der Waals surface area contributed by atoms with E-state index in [-0.39, 0.29) is 11.8 Å². The van der Waals surface area contributed by atoms with E-state index < -0.39 is 0 Å². The number of aromatic nitrogens is 1. The van der Waals surface area contributed by atoms with E-state index in [1.165, 1.54) is 11.8 Å². The highest BCUT2D eigenvalue weighted by Gasteiger charge is 2.12. The van der Waals surface area contributed by atoms with Crippen molar-refractivity contribution in [3.05, 3.63) is 90.6 Å². The van der Waals surface area contributed by atoms with Gasteiger partial charge >= 0.3 is 0 Å². The standard InChI is InChI=1S/C27H27N3O3S/c1-2-33-22-14-12-21(13-15-22)29-26(31)19-34-25-18-30(24-11-7-6-10-23(24)25)17-16-28-27(32)20-8-4-3-5-9-20/h3-15,18H,2,16-17,19H2,1H3,(H,28,32)(H,29,31). The Morgan fingerprint density at radius 3 is 2.44 bits per heavy atom. The lowest BCUT2D eigenvalue weighted by molar-refractivity contribution is -0.113. The van der Waals surface area contributed by atoms with Gasteiger partial charge in [-0.25, -0.2) is 0 Å². The molecule has 0 aliphatic rings. The lowest BCUT2D eigenvalue weighted by Crippen LogP contribution is -2.26. The van der Waals surface area contributed by atoms with Crippen LogP contribution in [0.1, 0.15) is 17.3 Å². The zero-order valence-electron chi connectivity index (χ0n) is 19.0. The van der Waals surface area contributed by atoms with Crippen molar-refractivity contribution in [1.29, 1.82) is 0 Å². The number of hydrogen-bond acceptors (Lipinski definition) is 4. The number of anilines is 1. The fourth-order valence-electron chi connectivity index (χ4n) is 3.64. The smallest absolute Gasteiger partial charge is 0.251 e. The third kappa shape index (κ3) is 5.99. The Morgan fingerprint density at radius 1 is 0.941 bits per heavy atom. The fourth-order valence-corrected chi connectivity index (χ4v) is 4.52. The van der Waals surface area contributed by atoms with Gasteiger partial charge in [0.05, 0.1) is 12.4 Å². The van der Waals surface area contributed by atoms with Crippen LogP contribution < -0.4 is 15.4 Å². The molecule has 0 atom stereocenters. The molecule has 0 aliphatic carbocycles. The van der Waals surface area contributed by atoms with E-state index in [1.54, 1.807) is 12.1 Å². The third-order valence-electron chi connectivity index (χ3n) is 5.23. The van der Waals surface area contributed by atoms with E-state index in [1.807, 2.05) is 67.7 Å². The molecule has 3 aromatic carbocycles. The molecule has 6 nitrogen and oxygen atoms in total. The number of nitrogens with one attached hydrogen (secondary N) is 2. The average molecular weight is 474 g/mol. The largest absolute Gasteiger partial charge is 0.494 e. The topological polar surface area (TPSA) is 72.4 Å². The van der Waals surface area contributed by atoms with Crippen LogP contribution in [0.2, 0.25) is 0 Å². The van der Waals surface area contributed by atoms with Crippen LogP contribution in [0.5, 0.6) is 5.75 Å². The van der Waals surface area contributed by atoms with Gasteiger partial charge in [-0.15, -0.1) is 11.8 Å². The number of benzene rings is 3. The highest BCUT2D eigenvalue weighted by molar-refractivity contribution is 8.00. The van der Waals surface area contributed by atoms with Crippen LogP contribution in [0.4, 0.5) is 5.69 Å². The maximum absolute atomic E-state index is 12.5. The summed E-state index contributed by atoms with van der Waals surface area (Å²) in [5, 5.41) is 6.99. The number of para-hydroxylation sites is 1. The molecule has 2 N–H and O–H groups in total. The van der Waals surface area contributed by atoms with Crippen molar-refractivity contribution >= 4 is 40.2 Å². The number of carbonyl (C=O) groups is 2. The highest BCUT2D eigenvalue weighted by Crippen LogP contribution is 2.30. The van der Waals surface area contributed by atoms with Gasteiger partial charge in [0.1, 0.15) is 5.75 Å². The minimum atomic E-state index is -0.0855. The molecule has 4 rings (SSSR count). The van der Waals surface area contributed by atoms with Gasteiger partial charge in [-0.3, -0.25) is 9.59 Å². The van der Waals surface area contributed by atoms with Crippen LogP contribution in [-0.4, -0.2) is 35.3 Å². The van der Waals surface area contributed by atoms with Crippen molar-refractivity contribution in [2.45, 2.75) is 18.4 Å². The van der Waals surface area contributed by atoms with Gasteiger partial charge in [-0.2, -0.15) is 0 Å². The molecule has 0 bridgehead atoms. The predicted octanol–water partition coefficient (Wildman–Crippen LogP) is 5.20. The molecule has 0 saturated carbocycles. The number of fused-ring (bicyclic) bond motifs is 1. The minimum absolute atomic E-state index is 0.0684. The van der Waals surface area contributed by atoms with Crippen molar-refractivity contribution in [2.24, 2.45) is 0 Å². The Bertz CT molecular complexity index is 1250. The van der Waals surface area contributed by atoms with Gasteiger partial charge in [0.25, 0.3) is 5.91 Å². The molecule has 0 unspecified atom stereocenters. The third-order valence-corrected chi connectivity index (χ3v) is 6.28. The Kier molecular flexibility index (Phi) is 7.88. The Morgan fingerprint density at radius 2 is 1.68 bits per heavy atom. The summed E-state index contributed by atoms with van der Waals surface area (Å²) >= 11 is 1.50. The van der Waals surface area contributed by atoms with Gasteiger partial charge in [0.15, 0.2) is 0 Å². The zero-order chi connectivity index (χ0) is 23.8. The van der Waals surface area contributed by atoms with Crippen LogP contribution >= 0.6 is 11.8 Å². The van der Waals surface area contributed by atoms with Crippen LogP contribution in [-0.2, 0) is 11.3 Å². The number of nitrogens with zero attached hydrogens (tertiary/aromatic N) is 1. The first kappa shape index (κ1) is 23.4. The zero-order valence-corrected chi connectivity index (χ0v) is 19.8. The van der Waals surface area contributed by atoms with E-state index in [4.69, 9.17) is 4.74 Å². The quantitative estimate of drug-likeness (QED) is 0.311. The summed E-state index contributed by atoms with van der Waals surface area (Å²) in [6, 6.07) is 24.6. The van der Waals surface area contributed by atoms with Crippen LogP contribution in [0.15, 0.2) is 90.0 Å². The summed E-state index contributed by atoms with van der Waals surface area (Å²) in [6.07, 6.45) is 2.05. The highest BCUT2D eigenvalue weighted by atomic mass is 32.2. The first-order valence-electron chi connectivity index (χ1n) is 11.2. The summed E-state index contributed by atoms with van der Waals surface area (Å²) in [6.45, 7) is 3.69. The van der Waals surface area contributed by atoms with Gasteiger partial charge in [0.2, 0.25) is 5.91 Å². The van der Waals surface area contributed by atoms with E-state index >= 15 is 0 Å². The number of hydrogen-bond donors (Lipinski definition) is 2. The monoisotopic (exact) mass is 473 g/mol. The predicted molar refractivity (Wildman–Crippen MR) is 138 cm³/mol. The van der Waals surface area contributed by atoms with Crippen molar-refractivity contribution in [3.63, 3.8) is 0 Å². The molecule has 0 fully saturated rings. The second-order valence-corrected chi connectivity index (χ2v) is 8.64. The number of thioether (sulfide) groups is 1. The molecule has 34 heavy (non-hydrogen) atoms. The normalized spacial score (nSPS) is 10.7. The average Bonchev–Trinajstić information content (AvgIpc) is 3.22. The number of amides is 2. The summed E-state index contributed by atoms with van der Waals surface area (Å²) in [5.41, 5.74) is 2.46. The van der Waals surface area contributed by atoms with Gasteiger partial charge in [0, 0.05) is 46.3 Å². The van der Waals surface area contributed by atoms with Crippen LogP contribution in [0.3, 0.4) is 0 Å². The lowest BCUT2D eigenvalue weighted by atomic mass is 10.2. The molecule has 7 heteroatoms. The van der Waals surface area contributed by atoms with Gasteiger partial charge in [-0.1, -0.05) is 36.4 Å². The van der Waals surface area contributed by atoms with Crippen LogP contribution in [0.25, 0.3) is 10.9 Å². The Labute approximate surface area is 203 Å². The van der Waals surface area contributed by atoms with Gasteiger partial charge < -0.3 is 19.9 Å². The maximum atomic E-state index is 12.5. The molecular weight excluding hydrogens is 446 g/mol. The molecule has 0 spiro atoms. The summed E-state index contributed by atoms with van der Waals surface area (Å²) < 4.78 is 7.55. The van der Waals surface area contributed by atoms with Crippen molar-refractivity contribution in [2.75, 3.05) is 24.2 Å². The molecule has 2 amide bonds. The molecule has 4 aromatic rings. The van der Waals surface area contributed by atoms with Gasteiger partial charge in [-0.05, 0) is 49.4 Å². The van der Waals surface area contributed by atoms with Crippen molar-refractivity contribution in [3.8, 4) is 5.75 Å². The SMILES string of the molecule is CCOc1ccc(NC(=O)CSc2cn(CCNC(=O)c3ccccc3)c3ccccc23)cc1. The van der Waals surface area contributed by atoms with E-state index in [2.05, 4.69) is 27.3 Å². The second-order valence-electron chi connectivity index (χ2n) is 7.62. The molecular formula is C27H27N3O3S. The first-order chi connectivity index (χ1) is 16.6. The molecule has 0 saturated heterocycles. The minimum Gasteiger partial charge on any atom is -0.494 e. The molecule has 174 valence electrons.